The Morgan fingerprint density at radius 3 is 2.62 bits per heavy atom. The number of halogens is 1. The SMILES string of the molecule is CN(C)C/C=C/C(=O)Nc1ccc(C(O)Nc2cccc(Nc3ncc(Cl)c(-c4ccc5ccn(C)c5c4)n3)c2)cc1. The van der Waals surface area contributed by atoms with Crippen LogP contribution < -0.4 is 16.0 Å². The number of benzene rings is 3. The van der Waals surface area contributed by atoms with Crippen molar-refractivity contribution in [3.8, 4) is 11.3 Å². The third-order valence-electron chi connectivity index (χ3n) is 6.56. The number of fused-ring (bicyclic) bond motifs is 1. The fourth-order valence-corrected chi connectivity index (χ4v) is 4.60. The predicted molar refractivity (Wildman–Crippen MR) is 170 cm³/mol. The number of rotatable bonds is 10. The van der Waals surface area contributed by atoms with Gasteiger partial charge in [0.2, 0.25) is 11.9 Å². The molecule has 0 saturated heterocycles. The van der Waals surface area contributed by atoms with Gasteiger partial charge in [-0.25, -0.2) is 9.97 Å². The molecule has 2 aromatic heterocycles. The molecule has 1 amide bonds. The van der Waals surface area contributed by atoms with E-state index in [0.29, 0.717) is 40.1 Å². The lowest BCUT2D eigenvalue weighted by Crippen LogP contribution is -2.13. The van der Waals surface area contributed by atoms with E-state index in [9.17, 15) is 9.90 Å². The van der Waals surface area contributed by atoms with Gasteiger partial charge >= 0.3 is 0 Å². The van der Waals surface area contributed by atoms with Gasteiger partial charge < -0.3 is 30.5 Å². The molecule has 2 heterocycles. The number of amides is 1. The molecule has 214 valence electrons. The summed E-state index contributed by atoms with van der Waals surface area (Å²) in [5, 5.41) is 21.5. The summed E-state index contributed by atoms with van der Waals surface area (Å²) in [4.78, 5) is 23.1. The topological polar surface area (TPSA) is 107 Å². The molecule has 1 atom stereocenters. The Hall–Kier alpha value is -4.70. The maximum atomic E-state index is 12.1. The molecule has 3 aromatic carbocycles. The first-order valence-corrected chi connectivity index (χ1v) is 13.7. The van der Waals surface area contributed by atoms with E-state index in [4.69, 9.17) is 11.6 Å². The van der Waals surface area contributed by atoms with Gasteiger partial charge in [0, 0.05) is 59.6 Å². The lowest BCUT2D eigenvalue weighted by Gasteiger charge is -2.16. The third kappa shape index (κ3) is 7.13. The molecule has 10 heteroatoms. The molecule has 0 spiro atoms. The number of aliphatic hydroxyl groups excluding tert-OH is 1. The van der Waals surface area contributed by atoms with E-state index in [1.807, 2.05) is 68.6 Å². The number of nitrogens with one attached hydrogen (secondary N) is 3. The number of aromatic nitrogens is 3. The Bertz CT molecular complexity index is 1730. The Morgan fingerprint density at radius 1 is 1.05 bits per heavy atom. The molecule has 0 aliphatic heterocycles. The molecule has 5 rings (SSSR count). The second kappa shape index (κ2) is 12.9. The first kappa shape index (κ1) is 28.8. The van der Waals surface area contributed by atoms with Crippen molar-refractivity contribution in [2.45, 2.75) is 6.23 Å². The maximum absolute atomic E-state index is 12.1. The minimum atomic E-state index is -0.962. The number of carbonyl (C=O) groups excluding carboxylic acids is 1. The van der Waals surface area contributed by atoms with Crippen molar-refractivity contribution in [3.63, 3.8) is 0 Å². The Labute approximate surface area is 249 Å². The van der Waals surface area contributed by atoms with E-state index < -0.39 is 6.23 Å². The summed E-state index contributed by atoms with van der Waals surface area (Å²) in [6.45, 7) is 0.681. The van der Waals surface area contributed by atoms with Gasteiger partial charge in [-0.15, -0.1) is 0 Å². The van der Waals surface area contributed by atoms with Crippen LogP contribution in [0.5, 0.6) is 0 Å². The van der Waals surface area contributed by atoms with Crippen molar-refractivity contribution in [1.82, 2.24) is 19.4 Å². The van der Waals surface area contributed by atoms with E-state index >= 15 is 0 Å². The van der Waals surface area contributed by atoms with Crippen LogP contribution in [0, 0.1) is 0 Å². The summed E-state index contributed by atoms with van der Waals surface area (Å²) in [5.74, 6) is 0.190. The van der Waals surface area contributed by atoms with Crippen molar-refractivity contribution in [1.29, 1.82) is 0 Å². The molecule has 1 unspecified atom stereocenters. The molecular weight excluding hydrogens is 550 g/mol. The zero-order valence-electron chi connectivity index (χ0n) is 23.5. The molecule has 9 nitrogen and oxygen atoms in total. The van der Waals surface area contributed by atoms with Gasteiger partial charge in [-0.1, -0.05) is 48.0 Å². The van der Waals surface area contributed by atoms with Crippen molar-refractivity contribution < 1.29 is 9.90 Å². The van der Waals surface area contributed by atoms with Crippen LogP contribution in [0.4, 0.5) is 23.0 Å². The Balaban J connectivity index is 1.24. The highest BCUT2D eigenvalue weighted by Gasteiger charge is 2.12. The van der Waals surface area contributed by atoms with Gasteiger partial charge in [-0.3, -0.25) is 4.79 Å². The summed E-state index contributed by atoms with van der Waals surface area (Å²) in [6, 6.07) is 22.6. The summed E-state index contributed by atoms with van der Waals surface area (Å²) in [5.41, 5.74) is 5.33. The minimum absolute atomic E-state index is 0.207. The molecule has 0 fully saturated rings. The number of aliphatic hydroxyl groups is 1. The fraction of sp³-hybridized carbons (Fsp3) is 0.156. The summed E-state index contributed by atoms with van der Waals surface area (Å²) in [7, 11) is 5.87. The van der Waals surface area contributed by atoms with Crippen molar-refractivity contribution in [2.24, 2.45) is 7.05 Å². The highest BCUT2D eigenvalue weighted by atomic mass is 35.5. The van der Waals surface area contributed by atoms with Crippen LogP contribution in [0.15, 0.2) is 97.3 Å². The van der Waals surface area contributed by atoms with Crippen LogP contribution >= 0.6 is 11.6 Å². The molecule has 5 aromatic rings. The predicted octanol–water partition coefficient (Wildman–Crippen LogP) is 6.19. The van der Waals surface area contributed by atoms with E-state index in [0.717, 1.165) is 22.2 Å². The van der Waals surface area contributed by atoms with E-state index in [-0.39, 0.29) is 5.91 Å². The van der Waals surface area contributed by atoms with Crippen molar-refractivity contribution >= 4 is 51.4 Å². The largest absolute Gasteiger partial charge is 0.369 e. The molecule has 0 bridgehead atoms. The number of nitrogens with zero attached hydrogens (tertiary/aromatic N) is 4. The van der Waals surface area contributed by atoms with E-state index in [1.165, 1.54) is 6.08 Å². The second-order valence-corrected chi connectivity index (χ2v) is 10.5. The van der Waals surface area contributed by atoms with Crippen LogP contribution in [0.2, 0.25) is 5.02 Å². The third-order valence-corrected chi connectivity index (χ3v) is 6.84. The number of hydrogen-bond acceptors (Lipinski definition) is 7. The van der Waals surface area contributed by atoms with Crippen LogP contribution in [0.25, 0.3) is 22.2 Å². The summed E-state index contributed by atoms with van der Waals surface area (Å²) < 4.78 is 2.05. The smallest absolute Gasteiger partial charge is 0.248 e. The number of likely N-dealkylation sites (N-methyl/N-ethyl adjacent to an activating group) is 1. The number of anilines is 4. The van der Waals surface area contributed by atoms with Gasteiger partial charge in [-0.05, 0) is 61.9 Å². The number of aryl methyl sites for hydroxylation is 1. The standard InChI is InChI=1S/C32H32ClN7O2/c1-39(2)16-5-8-29(41)35-24-13-11-22(12-14-24)31(42)36-25-6-4-7-26(19-25)37-32-34-20-27(33)30(38-32)23-10-9-21-15-17-40(3)28(21)18-23/h4-15,17-20,31,36,42H,16H2,1-3H3,(H,35,41)(H,34,37,38)/b8-5+. The average molecular weight is 582 g/mol. The van der Waals surface area contributed by atoms with Crippen molar-refractivity contribution in [3.05, 3.63) is 108 Å². The minimum Gasteiger partial charge on any atom is -0.369 e. The second-order valence-electron chi connectivity index (χ2n) is 10.1. The summed E-state index contributed by atoms with van der Waals surface area (Å²) in [6.07, 6.45) is 5.94. The molecule has 42 heavy (non-hydrogen) atoms. The lowest BCUT2D eigenvalue weighted by atomic mass is 10.1. The highest BCUT2D eigenvalue weighted by Crippen LogP contribution is 2.30. The van der Waals surface area contributed by atoms with Gasteiger partial charge in [-0.2, -0.15) is 0 Å². The molecule has 0 saturated carbocycles. The average Bonchev–Trinajstić information content (AvgIpc) is 3.34. The maximum Gasteiger partial charge on any atom is 0.248 e. The zero-order chi connectivity index (χ0) is 29.6. The first-order chi connectivity index (χ1) is 20.2. The molecule has 0 radical (unpaired) electrons. The van der Waals surface area contributed by atoms with E-state index in [1.54, 1.807) is 36.5 Å². The number of carbonyl (C=O) groups is 1. The van der Waals surface area contributed by atoms with Crippen LogP contribution in [0.3, 0.4) is 0 Å². The first-order valence-electron chi connectivity index (χ1n) is 13.4. The van der Waals surface area contributed by atoms with Crippen LogP contribution in [-0.4, -0.2) is 51.1 Å². The van der Waals surface area contributed by atoms with Gasteiger partial charge in [0.1, 0.15) is 0 Å². The summed E-state index contributed by atoms with van der Waals surface area (Å²) >= 11 is 6.48. The molecule has 4 N–H and O–H groups in total. The van der Waals surface area contributed by atoms with Gasteiger partial charge in [0.05, 0.1) is 16.9 Å². The number of hydrogen-bond donors (Lipinski definition) is 4. The van der Waals surface area contributed by atoms with Crippen LogP contribution in [0.1, 0.15) is 11.8 Å². The van der Waals surface area contributed by atoms with Crippen molar-refractivity contribution in [2.75, 3.05) is 36.6 Å². The lowest BCUT2D eigenvalue weighted by molar-refractivity contribution is -0.111. The molecule has 0 aliphatic carbocycles. The zero-order valence-corrected chi connectivity index (χ0v) is 24.3. The monoisotopic (exact) mass is 581 g/mol. The molecular formula is C32H32ClN7O2. The van der Waals surface area contributed by atoms with Crippen LogP contribution in [-0.2, 0) is 11.8 Å². The van der Waals surface area contributed by atoms with Gasteiger partial charge in [0.25, 0.3) is 0 Å². The highest BCUT2D eigenvalue weighted by molar-refractivity contribution is 6.33. The normalized spacial score (nSPS) is 12.1. The molecule has 0 aliphatic rings. The van der Waals surface area contributed by atoms with Gasteiger partial charge in [0.15, 0.2) is 6.23 Å². The Morgan fingerprint density at radius 2 is 1.83 bits per heavy atom. The van der Waals surface area contributed by atoms with E-state index in [2.05, 4.69) is 42.6 Å². The Kier molecular flexibility index (Phi) is 8.83. The fourth-order valence-electron chi connectivity index (χ4n) is 4.40. The quantitative estimate of drug-likeness (QED) is 0.115.